The summed E-state index contributed by atoms with van der Waals surface area (Å²) in [5.41, 5.74) is -1.89. The maximum atomic E-state index is 11.9. The second-order valence-corrected chi connectivity index (χ2v) is 2.27. The molecule has 0 fully saturated rings. The summed E-state index contributed by atoms with van der Waals surface area (Å²) < 4.78 is 35.3. The van der Waals surface area contributed by atoms with Crippen molar-refractivity contribution >= 4 is 0 Å². The molecule has 5 heteroatoms. The fraction of sp³-hybridized carbons (Fsp3) is 1.00. The van der Waals surface area contributed by atoms with Crippen molar-refractivity contribution in [3.05, 3.63) is 0 Å². The van der Waals surface area contributed by atoms with E-state index in [1.54, 1.807) is 0 Å². The largest absolute Gasteiger partial charge is 0.260 e. The molecule has 2 nitrogen and oxygen atoms in total. The minimum absolute atomic E-state index is 0.488. The first-order valence-corrected chi connectivity index (χ1v) is 2.38. The molecule has 2 N–H and O–H groups in total. The molecule has 0 amide bonds. The lowest BCUT2D eigenvalue weighted by Crippen LogP contribution is -2.48. The number of hydrogen-bond acceptors (Lipinski definition) is 2. The molecule has 0 radical (unpaired) electrons. The topological polar surface area (TPSA) is 29.3 Å². The average Bonchev–Trinajstić information content (AvgIpc) is 1.65. The van der Waals surface area contributed by atoms with Crippen molar-refractivity contribution in [1.29, 1.82) is 0 Å². The summed E-state index contributed by atoms with van der Waals surface area (Å²) in [5, 5.41) is -0.488. The summed E-state index contributed by atoms with van der Waals surface area (Å²) in [5.74, 6) is 4.46. The van der Waals surface area contributed by atoms with Crippen molar-refractivity contribution in [1.82, 2.24) is 5.23 Å². The number of nitrogens with two attached hydrogens (primary N) is 1. The lowest BCUT2D eigenvalue weighted by molar-refractivity contribution is -0.137. The van der Waals surface area contributed by atoms with E-state index in [0.29, 0.717) is 0 Å². The van der Waals surface area contributed by atoms with E-state index >= 15 is 0 Å². The van der Waals surface area contributed by atoms with Crippen LogP contribution in [-0.2, 0) is 0 Å². The molecule has 0 aliphatic rings. The van der Waals surface area contributed by atoms with Gasteiger partial charge in [0.1, 0.15) is 5.54 Å². The molecule has 0 aromatic rings. The Morgan fingerprint density at radius 2 is 1.78 bits per heavy atom. The maximum Gasteiger partial charge on any atom is 0.260 e. The van der Waals surface area contributed by atoms with Gasteiger partial charge in [0.25, 0.3) is 6.43 Å². The molecule has 0 atom stereocenters. The Morgan fingerprint density at radius 3 is 1.78 bits per heavy atom. The van der Waals surface area contributed by atoms with Gasteiger partial charge in [-0.3, -0.25) is 0 Å². The summed E-state index contributed by atoms with van der Waals surface area (Å²) in [6.07, 6.45) is -2.78. The number of rotatable bonds is 2. The molecule has 0 unspecified atom stereocenters. The molecular formula is C4H9F3N2. The monoisotopic (exact) mass is 142 g/mol. The van der Waals surface area contributed by atoms with Gasteiger partial charge in [-0.2, -0.15) is 0 Å². The third-order valence-electron chi connectivity index (χ3n) is 1.08. The molecule has 0 heterocycles. The molecular weight excluding hydrogens is 133 g/mol. The van der Waals surface area contributed by atoms with Crippen LogP contribution in [0.5, 0.6) is 0 Å². The summed E-state index contributed by atoms with van der Waals surface area (Å²) in [6.45, 7) is 2.02. The van der Waals surface area contributed by atoms with E-state index in [1.165, 1.54) is 0 Å². The second kappa shape index (κ2) is 2.53. The Labute approximate surface area is 51.3 Å². The van der Waals surface area contributed by atoms with Crippen LogP contribution in [0.25, 0.3) is 0 Å². The highest BCUT2D eigenvalue weighted by molar-refractivity contribution is 4.75. The lowest BCUT2D eigenvalue weighted by atomic mass is 10.1. The van der Waals surface area contributed by atoms with E-state index in [-0.39, 0.29) is 0 Å². The zero-order valence-corrected chi connectivity index (χ0v) is 5.24. The first-order chi connectivity index (χ1) is 3.89. The van der Waals surface area contributed by atoms with E-state index in [4.69, 9.17) is 0 Å². The third kappa shape index (κ3) is 1.83. The van der Waals surface area contributed by atoms with Gasteiger partial charge in [-0.05, 0) is 13.8 Å². The van der Waals surface area contributed by atoms with Gasteiger partial charge in [0.05, 0.1) is 0 Å². The fourth-order valence-electron chi connectivity index (χ4n) is 0.0932. The number of alkyl halides is 2. The lowest BCUT2D eigenvalue weighted by Gasteiger charge is -2.25. The molecule has 0 aliphatic heterocycles. The molecule has 0 aromatic heterocycles. The van der Waals surface area contributed by atoms with Gasteiger partial charge in [-0.1, -0.05) is 5.23 Å². The Bertz CT molecular complexity index is 81.8. The van der Waals surface area contributed by atoms with Crippen LogP contribution in [0.15, 0.2) is 0 Å². The van der Waals surface area contributed by atoms with Crippen molar-refractivity contribution in [3.63, 3.8) is 0 Å². The molecule has 0 spiro atoms. The highest BCUT2D eigenvalue weighted by atomic mass is 19.3. The minimum Gasteiger partial charge on any atom is -0.240 e. The van der Waals surface area contributed by atoms with Crippen molar-refractivity contribution in [3.8, 4) is 0 Å². The van der Waals surface area contributed by atoms with E-state index in [2.05, 4.69) is 5.84 Å². The van der Waals surface area contributed by atoms with Crippen molar-refractivity contribution in [2.45, 2.75) is 25.8 Å². The number of hydrogen-bond donors (Lipinski definition) is 1. The predicted octanol–water partition coefficient (Wildman–Crippen LogP) is 1.09. The van der Waals surface area contributed by atoms with E-state index in [0.717, 1.165) is 13.8 Å². The molecule has 0 rings (SSSR count). The van der Waals surface area contributed by atoms with Gasteiger partial charge in [0, 0.05) is 0 Å². The Kier molecular flexibility index (Phi) is 2.45. The smallest absolute Gasteiger partial charge is 0.240 e. The standard InChI is InChI=1S/C4H9F3N2/c1-4(2,3(5)6)9(7)8/h3H,8H2,1-2H3. The van der Waals surface area contributed by atoms with Gasteiger partial charge in [-0.15, -0.1) is 4.48 Å². The van der Waals surface area contributed by atoms with Crippen LogP contribution in [0.4, 0.5) is 13.3 Å². The SMILES string of the molecule is CC(C)(C(F)F)N(N)F. The van der Waals surface area contributed by atoms with Crippen molar-refractivity contribution in [2.24, 2.45) is 5.84 Å². The number of hydrazine groups is 1. The molecule has 0 aromatic carbocycles. The molecule has 56 valence electrons. The van der Waals surface area contributed by atoms with Crippen LogP contribution < -0.4 is 5.84 Å². The van der Waals surface area contributed by atoms with Gasteiger partial charge in [0.15, 0.2) is 0 Å². The summed E-state index contributed by atoms with van der Waals surface area (Å²) in [7, 11) is 0. The number of halogens is 3. The summed E-state index contributed by atoms with van der Waals surface area (Å²) in [6, 6.07) is 0. The van der Waals surface area contributed by atoms with E-state index in [9.17, 15) is 13.3 Å². The third-order valence-corrected chi connectivity index (χ3v) is 1.08. The van der Waals surface area contributed by atoms with Crippen LogP contribution in [0.2, 0.25) is 0 Å². The van der Waals surface area contributed by atoms with Gasteiger partial charge >= 0.3 is 0 Å². The van der Waals surface area contributed by atoms with Crippen LogP contribution in [-0.4, -0.2) is 17.2 Å². The van der Waals surface area contributed by atoms with Crippen LogP contribution in [0.3, 0.4) is 0 Å². The molecule has 0 bridgehead atoms. The zero-order chi connectivity index (χ0) is 7.65. The van der Waals surface area contributed by atoms with Crippen LogP contribution in [0.1, 0.15) is 13.8 Å². The normalized spacial score (nSPS) is 13.3. The molecule has 0 saturated carbocycles. The van der Waals surface area contributed by atoms with Crippen molar-refractivity contribution < 1.29 is 13.3 Å². The zero-order valence-electron chi connectivity index (χ0n) is 5.24. The number of nitrogens with zero attached hydrogens (tertiary/aromatic N) is 1. The van der Waals surface area contributed by atoms with E-state index < -0.39 is 17.2 Å². The highest BCUT2D eigenvalue weighted by Crippen LogP contribution is 2.19. The highest BCUT2D eigenvalue weighted by Gasteiger charge is 2.35. The molecule has 9 heavy (non-hydrogen) atoms. The van der Waals surface area contributed by atoms with Gasteiger partial charge < -0.3 is 0 Å². The van der Waals surface area contributed by atoms with Crippen LogP contribution >= 0.6 is 0 Å². The summed E-state index contributed by atoms with van der Waals surface area (Å²) in [4.78, 5) is 0. The Balaban J connectivity index is 4.01. The van der Waals surface area contributed by atoms with Gasteiger partial charge in [-0.25, -0.2) is 14.6 Å². The Hall–Kier alpha value is -0.290. The summed E-state index contributed by atoms with van der Waals surface area (Å²) >= 11 is 0. The Morgan fingerprint density at radius 1 is 1.44 bits per heavy atom. The molecule has 0 saturated heterocycles. The fourth-order valence-corrected chi connectivity index (χ4v) is 0.0932. The maximum absolute atomic E-state index is 11.9. The first kappa shape index (κ1) is 8.71. The average molecular weight is 142 g/mol. The molecule has 0 aliphatic carbocycles. The second-order valence-electron chi connectivity index (χ2n) is 2.27. The van der Waals surface area contributed by atoms with Crippen molar-refractivity contribution in [2.75, 3.05) is 0 Å². The minimum atomic E-state index is -2.78. The quantitative estimate of drug-likeness (QED) is 0.355. The first-order valence-electron chi connectivity index (χ1n) is 2.38. The van der Waals surface area contributed by atoms with Crippen LogP contribution in [0, 0.1) is 0 Å². The predicted molar refractivity (Wildman–Crippen MR) is 27.2 cm³/mol. The van der Waals surface area contributed by atoms with Gasteiger partial charge in [0.2, 0.25) is 0 Å². The van der Waals surface area contributed by atoms with E-state index in [1.807, 2.05) is 0 Å².